The topological polar surface area (TPSA) is 48.5 Å². The number of hydrogen-bond acceptors (Lipinski definition) is 4. The molecule has 0 saturated carbocycles. The third kappa shape index (κ3) is 5.17. The second-order valence-electron chi connectivity index (χ2n) is 4.99. The third-order valence-corrected chi connectivity index (χ3v) is 3.15. The average molecular weight is 278 g/mol. The number of rotatable bonds is 8. The molecule has 0 atom stereocenters. The van der Waals surface area contributed by atoms with Crippen LogP contribution in [-0.4, -0.2) is 61.0 Å². The van der Waals surface area contributed by atoms with Gasteiger partial charge in [0, 0.05) is 25.8 Å². The van der Waals surface area contributed by atoms with Crippen LogP contribution in [0.3, 0.4) is 0 Å². The van der Waals surface area contributed by atoms with Crippen LogP contribution in [0.5, 0.6) is 0 Å². The van der Waals surface area contributed by atoms with Crippen molar-refractivity contribution in [2.45, 2.75) is 20.3 Å². The van der Waals surface area contributed by atoms with Gasteiger partial charge in [0.2, 0.25) is 0 Å². The van der Waals surface area contributed by atoms with E-state index in [1.165, 1.54) is 0 Å². The number of hydrogen-bond donors (Lipinski definition) is 1. The number of anilines is 1. The van der Waals surface area contributed by atoms with E-state index in [1.54, 1.807) is 11.1 Å². The summed E-state index contributed by atoms with van der Waals surface area (Å²) in [5.41, 5.74) is 0.646. The summed E-state index contributed by atoms with van der Waals surface area (Å²) in [5, 5.41) is 3.26. The molecule has 1 aromatic heterocycles. The fourth-order valence-electron chi connectivity index (χ4n) is 1.93. The normalized spacial score (nSPS) is 10.7. The molecular formula is C15H26N4O. The Morgan fingerprint density at radius 1 is 1.25 bits per heavy atom. The zero-order valence-electron chi connectivity index (χ0n) is 13.0. The molecule has 5 nitrogen and oxygen atoms in total. The van der Waals surface area contributed by atoms with E-state index in [1.807, 2.05) is 26.0 Å². The lowest BCUT2D eigenvalue weighted by Crippen LogP contribution is -2.30. The van der Waals surface area contributed by atoms with E-state index >= 15 is 0 Å². The first-order chi connectivity index (χ1) is 9.58. The molecule has 20 heavy (non-hydrogen) atoms. The number of nitrogens with zero attached hydrogens (tertiary/aromatic N) is 3. The van der Waals surface area contributed by atoms with Crippen molar-refractivity contribution in [2.75, 3.05) is 45.6 Å². The van der Waals surface area contributed by atoms with E-state index in [4.69, 9.17) is 0 Å². The van der Waals surface area contributed by atoms with Crippen LogP contribution in [0, 0.1) is 0 Å². The molecule has 112 valence electrons. The molecule has 0 fully saturated rings. The molecular weight excluding hydrogens is 252 g/mol. The second-order valence-corrected chi connectivity index (χ2v) is 4.99. The summed E-state index contributed by atoms with van der Waals surface area (Å²) < 4.78 is 0. The highest BCUT2D eigenvalue weighted by Crippen LogP contribution is 2.08. The molecule has 0 spiro atoms. The number of aromatic nitrogens is 1. The lowest BCUT2D eigenvalue weighted by Gasteiger charge is -2.18. The Balaban J connectivity index is 2.49. The van der Waals surface area contributed by atoms with Gasteiger partial charge in [-0.1, -0.05) is 0 Å². The highest BCUT2D eigenvalue weighted by Gasteiger charge is 2.12. The summed E-state index contributed by atoms with van der Waals surface area (Å²) in [6.07, 6.45) is 2.71. The number of nitrogens with one attached hydrogen (secondary N) is 1. The molecule has 0 aliphatic heterocycles. The van der Waals surface area contributed by atoms with Crippen LogP contribution in [0.4, 0.5) is 5.82 Å². The predicted molar refractivity (Wildman–Crippen MR) is 83.1 cm³/mol. The maximum atomic E-state index is 12.1. The first kappa shape index (κ1) is 16.4. The largest absolute Gasteiger partial charge is 0.370 e. The zero-order chi connectivity index (χ0) is 15.0. The van der Waals surface area contributed by atoms with E-state index in [2.05, 4.69) is 29.3 Å². The average Bonchev–Trinajstić information content (AvgIpc) is 2.45. The third-order valence-electron chi connectivity index (χ3n) is 3.15. The van der Waals surface area contributed by atoms with Gasteiger partial charge < -0.3 is 15.1 Å². The van der Waals surface area contributed by atoms with Gasteiger partial charge in [0.1, 0.15) is 5.82 Å². The number of carbonyl (C=O) groups is 1. The van der Waals surface area contributed by atoms with Gasteiger partial charge in [0.25, 0.3) is 5.91 Å². The maximum Gasteiger partial charge on any atom is 0.255 e. The minimum absolute atomic E-state index is 0.0432. The van der Waals surface area contributed by atoms with Gasteiger partial charge in [-0.2, -0.15) is 0 Å². The van der Waals surface area contributed by atoms with Crippen LogP contribution < -0.4 is 5.32 Å². The summed E-state index contributed by atoms with van der Waals surface area (Å²) in [6.45, 7) is 7.34. The van der Waals surface area contributed by atoms with Crippen molar-refractivity contribution in [2.24, 2.45) is 0 Å². The second kappa shape index (κ2) is 8.53. The molecule has 1 amide bonds. The predicted octanol–water partition coefficient (Wildman–Crippen LogP) is 1.93. The minimum atomic E-state index is 0.0432. The Labute approximate surface area is 122 Å². The monoisotopic (exact) mass is 278 g/mol. The van der Waals surface area contributed by atoms with Crippen LogP contribution >= 0.6 is 0 Å². The molecule has 1 N–H and O–H groups in total. The van der Waals surface area contributed by atoms with E-state index in [9.17, 15) is 4.79 Å². The molecule has 1 aromatic rings. The SMILES string of the molecule is CCN(CC)C(=O)c1ccc(NCCCN(C)C)nc1. The Morgan fingerprint density at radius 3 is 2.45 bits per heavy atom. The fraction of sp³-hybridized carbons (Fsp3) is 0.600. The van der Waals surface area contributed by atoms with Crippen LogP contribution in [0.2, 0.25) is 0 Å². The molecule has 0 aromatic carbocycles. The molecule has 0 bridgehead atoms. The number of carbonyl (C=O) groups excluding carboxylic acids is 1. The standard InChI is InChI=1S/C15H26N4O/c1-5-19(6-2)15(20)13-8-9-14(17-12-13)16-10-7-11-18(3)4/h8-9,12H,5-7,10-11H2,1-4H3,(H,16,17). The van der Waals surface area contributed by atoms with Gasteiger partial charge in [-0.15, -0.1) is 0 Å². The molecule has 0 unspecified atom stereocenters. The Kier molecular flexibility index (Phi) is 7.01. The summed E-state index contributed by atoms with van der Waals surface area (Å²) in [5.74, 6) is 0.863. The summed E-state index contributed by atoms with van der Waals surface area (Å²) in [7, 11) is 4.12. The summed E-state index contributed by atoms with van der Waals surface area (Å²) >= 11 is 0. The van der Waals surface area contributed by atoms with Crippen molar-refractivity contribution in [3.05, 3.63) is 23.9 Å². The lowest BCUT2D eigenvalue weighted by molar-refractivity contribution is 0.0772. The lowest BCUT2D eigenvalue weighted by atomic mass is 10.2. The van der Waals surface area contributed by atoms with Gasteiger partial charge >= 0.3 is 0 Å². The molecule has 1 rings (SSSR count). The van der Waals surface area contributed by atoms with Crippen LogP contribution in [0.25, 0.3) is 0 Å². The van der Waals surface area contributed by atoms with Gasteiger partial charge in [0.15, 0.2) is 0 Å². The maximum absolute atomic E-state index is 12.1. The van der Waals surface area contributed by atoms with Gasteiger partial charge in [-0.05, 0) is 53.0 Å². The zero-order valence-corrected chi connectivity index (χ0v) is 13.0. The molecule has 0 aliphatic rings. The number of pyridine rings is 1. The minimum Gasteiger partial charge on any atom is -0.370 e. The fourth-order valence-corrected chi connectivity index (χ4v) is 1.93. The van der Waals surface area contributed by atoms with Crippen molar-refractivity contribution >= 4 is 11.7 Å². The molecule has 0 aliphatic carbocycles. The molecule has 1 heterocycles. The smallest absolute Gasteiger partial charge is 0.255 e. The molecule has 0 radical (unpaired) electrons. The summed E-state index contributed by atoms with van der Waals surface area (Å²) in [6, 6.07) is 3.70. The Morgan fingerprint density at radius 2 is 1.95 bits per heavy atom. The Bertz CT molecular complexity index is 399. The first-order valence-corrected chi connectivity index (χ1v) is 7.22. The highest BCUT2D eigenvalue weighted by atomic mass is 16.2. The van der Waals surface area contributed by atoms with Crippen molar-refractivity contribution < 1.29 is 4.79 Å². The molecule has 5 heteroatoms. The van der Waals surface area contributed by atoms with Crippen LogP contribution in [-0.2, 0) is 0 Å². The van der Waals surface area contributed by atoms with Gasteiger partial charge in [-0.25, -0.2) is 4.98 Å². The quantitative estimate of drug-likeness (QED) is 0.738. The van der Waals surface area contributed by atoms with Crippen LogP contribution in [0.15, 0.2) is 18.3 Å². The van der Waals surface area contributed by atoms with Gasteiger partial charge in [0.05, 0.1) is 5.56 Å². The summed E-state index contributed by atoms with van der Waals surface area (Å²) in [4.78, 5) is 20.4. The van der Waals surface area contributed by atoms with Crippen molar-refractivity contribution in [1.29, 1.82) is 0 Å². The van der Waals surface area contributed by atoms with Crippen LogP contribution in [0.1, 0.15) is 30.6 Å². The highest BCUT2D eigenvalue weighted by molar-refractivity contribution is 5.94. The van der Waals surface area contributed by atoms with Crippen molar-refractivity contribution in [1.82, 2.24) is 14.8 Å². The van der Waals surface area contributed by atoms with Crippen molar-refractivity contribution in [3.63, 3.8) is 0 Å². The van der Waals surface area contributed by atoms with E-state index in [0.717, 1.165) is 38.4 Å². The Hall–Kier alpha value is -1.62. The first-order valence-electron chi connectivity index (χ1n) is 7.22. The van der Waals surface area contributed by atoms with Crippen molar-refractivity contribution in [3.8, 4) is 0 Å². The van der Waals surface area contributed by atoms with E-state index in [-0.39, 0.29) is 5.91 Å². The van der Waals surface area contributed by atoms with E-state index in [0.29, 0.717) is 5.56 Å². The number of amides is 1. The van der Waals surface area contributed by atoms with E-state index < -0.39 is 0 Å². The molecule has 0 saturated heterocycles. The van der Waals surface area contributed by atoms with Gasteiger partial charge in [-0.3, -0.25) is 4.79 Å².